The van der Waals surface area contributed by atoms with Crippen molar-refractivity contribution in [2.75, 3.05) is 27.9 Å². The number of hydrogen-bond acceptors (Lipinski definition) is 6. The molecule has 0 radical (unpaired) electrons. The third-order valence-electron chi connectivity index (χ3n) is 3.76. The molecule has 0 N–H and O–H groups in total. The van der Waals surface area contributed by atoms with Crippen molar-refractivity contribution in [1.82, 2.24) is 0 Å². The largest absolute Gasteiger partial charge is 0.497 e. The monoisotopic (exact) mass is 357 g/mol. The lowest BCUT2D eigenvalue weighted by molar-refractivity contribution is -0.143. The van der Waals surface area contributed by atoms with Crippen LogP contribution in [-0.4, -0.2) is 40.1 Å². The number of hydrogen-bond donors (Lipinski definition) is 0. The molecule has 0 amide bonds. The van der Waals surface area contributed by atoms with Crippen molar-refractivity contribution in [3.05, 3.63) is 48.0 Å². The molecule has 2 aromatic rings. The summed E-state index contributed by atoms with van der Waals surface area (Å²) in [6.45, 7) is 2.07. The summed E-state index contributed by atoms with van der Waals surface area (Å²) in [6.07, 6.45) is 1.57. The van der Waals surface area contributed by atoms with Gasteiger partial charge in [0.15, 0.2) is 11.5 Å². The van der Waals surface area contributed by atoms with E-state index >= 15 is 0 Å². The maximum Gasteiger partial charge on any atom is 0.318 e. The predicted molar refractivity (Wildman–Crippen MR) is 100 cm³/mol. The lowest BCUT2D eigenvalue weighted by Crippen LogP contribution is -2.17. The van der Waals surface area contributed by atoms with E-state index in [9.17, 15) is 4.79 Å². The van der Waals surface area contributed by atoms with Crippen LogP contribution in [0, 0.1) is 0 Å². The molecule has 0 aromatic heterocycles. The first-order valence-electron chi connectivity index (χ1n) is 8.19. The van der Waals surface area contributed by atoms with Crippen LogP contribution in [0.3, 0.4) is 0 Å². The van der Waals surface area contributed by atoms with Gasteiger partial charge in [-0.15, -0.1) is 0 Å². The van der Waals surface area contributed by atoms with Gasteiger partial charge in [0.2, 0.25) is 0 Å². The number of ether oxygens (including phenoxy) is 4. The molecule has 1 atom stereocenters. The first kappa shape index (κ1) is 19.3. The van der Waals surface area contributed by atoms with E-state index in [0.29, 0.717) is 29.5 Å². The molecule has 0 saturated carbocycles. The highest BCUT2D eigenvalue weighted by Gasteiger charge is 2.20. The van der Waals surface area contributed by atoms with Gasteiger partial charge in [0.05, 0.1) is 33.6 Å². The van der Waals surface area contributed by atoms with Crippen LogP contribution in [-0.2, 0) is 9.53 Å². The number of carbonyl (C=O) groups is 1. The molecule has 1 unspecified atom stereocenters. The SMILES string of the molecule is CCOC(=O)C(C=Nc1ccc(OC)c(OC)c1)c1ccc(OC)cc1. The molecular formula is C20H23NO5. The number of carbonyl (C=O) groups excluding carboxylic acids is 1. The van der Waals surface area contributed by atoms with Crippen LogP contribution in [0.5, 0.6) is 17.2 Å². The Morgan fingerprint density at radius 1 is 1.00 bits per heavy atom. The quantitative estimate of drug-likeness (QED) is 0.531. The highest BCUT2D eigenvalue weighted by molar-refractivity contribution is 5.96. The van der Waals surface area contributed by atoms with Crippen molar-refractivity contribution in [3.63, 3.8) is 0 Å². The standard InChI is InChI=1S/C20H23NO5/c1-5-26-20(22)17(14-6-9-16(23-2)10-7-14)13-21-15-8-11-18(24-3)19(12-15)25-4/h6-13,17H,5H2,1-4H3. The second-order valence-electron chi connectivity index (χ2n) is 5.32. The van der Waals surface area contributed by atoms with Crippen molar-refractivity contribution in [3.8, 4) is 17.2 Å². The Morgan fingerprint density at radius 3 is 2.27 bits per heavy atom. The minimum Gasteiger partial charge on any atom is -0.497 e. The average Bonchev–Trinajstić information content (AvgIpc) is 2.68. The van der Waals surface area contributed by atoms with Crippen LogP contribution in [0.25, 0.3) is 0 Å². The summed E-state index contributed by atoms with van der Waals surface area (Å²) in [5.74, 6) is 0.923. The van der Waals surface area contributed by atoms with E-state index in [2.05, 4.69) is 4.99 Å². The van der Waals surface area contributed by atoms with E-state index in [4.69, 9.17) is 18.9 Å². The Morgan fingerprint density at radius 2 is 1.69 bits per heavy atom. The molecule has 6 nitrogen and oxygen atoms in total. The molecule has 0 aliphatic carbocycles. The van der Waals surface area contributed by atoms with E-state index < -0.39 is 5.92 Å². The lowest BCUT2D eigenvalue weighted by Gasteiger charge is -2.12. The first-order chi connectivity index (χ1) is 12.6. The van der Waals surface area contributed by atoms with Crippen LogP contribution >= 0.6 is 0 Å². The number of esters is 1. The number of benzene rings is 2. The predicted octanol–water partition coefficient (Wildman–Crippen LogP) is 3.76. The van der Waals surface area contributed by atoms with Crippen molar-refractivity contribution in [1.29, 1.82) is 0 Å². The van der Waals surface area contributed by atoms with Gasteiger partial charge in [-0.1, -0.05) is 12.1 Å². The second kappa shape index (κ2) is 9.46. The highest BCUT2D eigenvalue weighted by atomic mass is 16.5. The number of methoxy groups -OCH3 is 3. The topological polar surface area (TPSA) is 66.4 Å². The van der Waals surface area contributed by atoms with Crippen molar-refractivity contribution in [2.24, 2.45) is 4.99 Å². The van der Waals surface area contributed by atoms with Crippen molar-refractivity contribution in [2.45, 2.75) is 12.8 Å². The lowest BCUT2D eigenvalue weighted by atomic mass is 10.0. The van der Waals surface area contributed by atoms with Gasteiger partial charge >= 0.3 is 5.97 Å². The summed E-state index contributed by atoms with van der Waals surface area (Å²) in [5, 5.41) is 0. The van der Waals surface area contributed by atoms with Gasteiger partial charge < -0.3 is 18.9 Å². The fourth-order valence-corrected chi connectivity index (χ4v) is 2.39. The summed E-state index contributed by atoms with van der Waals surface area (Å²) in [6, 6.07) is 12.5. The Kier molecular flexibility index (Phi) is 7.02. The summed E-state index contributed by atoms with van der Waals surface area (Å²) >= 11 is 0. The Labute approximate surface area is 153 Å². The molecule has 0 heterocycles. The van der Waals surface area contributed by atoms with Gasteiger partial charge in [0, 0.05) is 12.3 Å². The molecule has 0 aliphatic rings. The Hall–Kier alpha value is -3.02. The molecule has 2 aromatic carbocycles. The van der Waals surface area contributed by atoms with Gasteiger partial charge in [-0.05, 0) is 36.8 Å². The molecule has 0 bridgehead atoms. The normalized spacial score (nSPS) is 11.8. The minimum atomic E-state index is -0.617. The fourth-order valence-electron chi connectivity index (χ4n) is 2.39. The zero-order valence-electron chi connectivity index (χ0n) is 15.4. The van der Waals surface area contributed by atoms with Crippen LogP contribution in [0.1, 0.15) is 18.4 Å². The van der Waals surface area contributed by atoms with Crippen molar-refractivity contribution >= 4 is 17.9 Å². The summed E-state index contributed by atoms with van der Waals surface area (Å²) in [7, 11) is 4.72. The van der Waals surface area contributed by atoms with E-state index in [0.717, 1.165) is 5.56 Å². The van der Waals surface area contributed by atoms with Crippen LogP contribution < -0.4 is 14.2 Å². The summed E-state index contributed by atoms with van der Waals surface area (Å²) < 4.78 is 20.8. The van der Waals surface area contributed by atoms with E-state index in [-0.39, 0.29) is 5.97 Å². The van der Waals surface area contributed by atoms with Gasteiger partial charge in [0.25, 0.3) is 0 Å². The average molecular weight is 357 g/mol. The van der Waals surface area contributed by atoms with Crippen molar-refractivity contribution < 1.29 is 23.7 Å². The molecular weight excluding hydrogens is 334 g/mol. The number of nitrogens with zero attached hydrogens (tertiary/aromatic N) is 1. The third-order valence-corrected chi connectivity index (χ3v) is 3.76. The second-order valence-corrected chi connectivity index (χ2v) is 5.32. The van der Waals surface area contributed by atoms with Crippen LogP contribution in [0.15, 0.2) is 47.5 Å². The smallest absolute Gasteiger partial charge is 0.318 e. The summed E-state index contributed by atoms with van der Waals surface area (Å²) in [5.41, 5.74) is 1.42. The Balaban J connectivity index is 2.30. The summed E-state index contributed by atoms with van der Waals surface area (Å²) in [4.78, 5) is 16.8. The zero-order valence-corrected chi connectivity index (χ0v) is 15.4. The van der Waals surface area contributed by atoms with E-state index in [1.807, 2.05) is 12.1 Å². The zero-order chi connectivity index (χ0) is 18.9. The molecule has 26 heavy (non-hydrogen) atoms. The van der Waals surface area contributed by atoms with E-state index in [1.165, 1.54) is 0 Å². The van der Waals surface area contributed by atoms with Gasteiger partial charge in [-0.25, -0.2) is 0 Å². The minimum absolute atomic E-state index is 0.301. The maximum atomic E-state index is 12.4. The van der Waals surface area contributed by atoms with Gasteiger partial charge in [-0.2, -0.15) is 0 Å². The molecule has 6 heteroatoms. The number of rotatable bonds is 8. The maximum absolute atomic E-state index is 12.4. The van der Waals surface area contributed by atoms with Gasteiger partial charge in [-0.3, -0.25) is 9.79 Å². The van der Waals surface area contributed by atoms with Crippen LogP contribution in [0.4, 0.5) is 5.69 Å². The molecule has 0 spiro atoms. The van der Waals surface area contributed by atoms with E-state index in [1.54, 1.807) is 64.8 Å². The molecule has 138 valence electrons. The molecule has 0 aliphatic heterocycles. The first-order valence-corrected chi connectivity index (χ1v) is 8.19. The van der Waals surface area contributed by atoms with Gasteiger partial charge in [0.1, 0.15) is 11.7 Å². The molecule has 2 rings (SSSR count). The fraction of sp³-hybridized carbons (Fsp3) is 0.300. The van der Waals surface area contributed by atoms with Crippen LogP contribution in [0.2, 0.25) is 0 Å². The Bertz CT molecular complexity index is 755. The molecule has 0 fully saturated rings. The molecule has 0 saturated heterocycles. The highest BCUT2D eigenvalue weighted by Crippen LogP contribution is 2.31. The number of aliphatic imine (C=N–C) groups is 1. The third kappa shape index (κ3) is 4.75.